The van der Waals surface area contributed by atoms with Gasteiger partial charge in [-0.1, -0.05) is 73.7 Å². The number of hydrogen-bond acceptors (Lipinski definition) is 4. The van der Waals surface area contributed by atoms with Gasteiger partial charge in [-0.3, -0.25) is 4.79 Å². The van der Waals surface area contributed by atoms with Crippen molar-refractivity contribution in [2.45, 2.75) is 75.3 Å². The number of carboxylic acid groups (broad SMARTS) is 1. The molecule has 3 fully saturated rings. The van der Waals surface area contributed by atoms with Gasteiger partial charge in [-0.05, 0) is 78.5 Å². The number of piperidine rings is 1. The van der Waals surface area contributed by atoms with E-state index in [1.54, 1.807) is 7.11 Å². The van der Waals surface area contributed by atoms with Crippen molar-refractivity contribution in [3.8, 4) is 22.6 Å². The lowest BCUT2D eigenvalue weighted by Crippen LogP contribution is -2.36. The summed E-state index contributed by atoms with van der Waals surface area (Å²) in [5.41, 5.74) is 5.92. The van der Waals surface area contributed by atoms with Crippen molar-refractivity contribution >= 4 is 25.6 Å². The molecular formula is C36H45NO4Si. The van der Waals surface area contributed by atoms with Crippen molar-refractivity contribution in [2.24, 2.45) is 5.92 Å². The van der Waals surface area contributed by atoms with Crippen molar-refractivity contribution in [1.82, 2.24) is 0 Å². The number of ether oxygens (including phenoxy) is 2. The lowest BCUT2D eigenvalue weighted by molar-refractivity contribution is -0.134. The van der Waals surface area contributed by atoms with Gasteiger partial charge in [0.1, 0.15) is 11.5 Å². The molecule has 3 aromatic carbocycles. The van der Waals surface area contributed by atoms with Crippen molar-refractivity contribution in [1.29, 1.82) is 0 Å². The van der Waals surface area contributed by atoms with Gasteiger partial charge >= 0.3 is 5.97 Å². The average molecular weight is 584 g/mol. The molecule has 6 heteroatoms. The van der Waals surface area contributed by atoms with E-state index in [-0.39, 0.29) is 0 Å². The van der Waals surface area contributed by atoms with Crippen LogP contribution >= 0.6 is 0 Å². The fourth-order valence-corrected chi connectivity index (χ4v) is 10.4. The van der Waals surface area contributed by atoms with Crippen LogP contribution in [-0.2, 0) is 4.79 Å². The van der Waals surface area contributed by atoms with Crippen LogP contribution in [0, 0.1) is 5.92 Å². The molecule has 2 saturated carbocycles. The van der Waals surface area contributed by atoms with E-state index in [0.29, 0.717) is 24.1 Å². The maximum Gasteiger partial charge on any atom is 0.300 e. The summed E-state index contributed by atoms with van der Waals surface area (Å²) in [4.78, 5) is 14.0. The van der Waals surface area contributed by atoms with Gasteiger partial charge in [-0.25, -0.2) is 0 Å². The molecule has 5 nitrogen and oxygen atoms in total. The van der Waals surface area contributed by atoms with Crippen LogP contribution in [0.2, 0.25) is 11.6 Å². The first kappa shape index (κ1) is 28.8. The van der Waals surface area contributed by atoms with E-state index in [4.69, 9.17) is 9.47 Å². The number of carboxylic acids is 1. The van der Waals surface area contributed by atoms with Crippen molar-refractivity contribution in [2.75, 3.05) is 31.7 Å². The summed E-state index contributed by atoms with van der Waals surface area (Å²) in [5, 5.41) is 10.7. The number of hydrogen-bond donors (Lipinski definition) is 1. The summed E-state index contributed by atoms with van der Waals surface area (Å²) in [6.07, 6.45) is 11.3. The predicted octanol–water partition coefficient (Wildman–Crippen LogP) is 7.39. The summed E-state index contributed by atoms with van der Waals surface area (Å²) in [5.74, 6) is 2.36. The van der Waals surface area contributed by atoms with Crippen LogP contribution in [0.1, 0.15) is 69.3 Å². The maximum absolute atomic E-state index is 11.5. The molecule has 6 rings (SSSR count). The molecule has 1 aliphatic heterocycles. The van der Waals surface area contributed by atoms with Gasteiger partial charge in [0, 0.05) is 36.5 Å². The van der Waals surface area contributed by atoms with Gasteiger partial charge < -0.3 is 19.5 Å². The molecule has 0 aromatic heterocycles. The quantitative estimate of drug-likeness (QED) is 0.239. The van der Waals surface area contributed by atoms with E-state index >= 15 is 0 Å². The fourth-order valence-electron chi connectivity index (χ4n) is 7.15. The number of methoxy groups -OCH3 is 1. The van der Waals surface area contributed by atoms with E-state index in [1.807, 2.05) is 12.1 Å². The average Bonchev–Trinajstić information content (AvgIpc) is 3.89. The number of aliphatic carboxylic acids is 1. The number of rotatable bonds is 11. The number of benzene rings is 3. The molecule has 0 radical (unpaired) electrons. The first-order valence-electron chi connectivity index (χ1n) is 16.0. The molecule has 222 valence electrons. The Morgan fingerprint density at radius 3 is 2.33 bits per heavy atom. The highest BCUT2D eigenvalue weighted by Crippen LogP contribution is 2.41. The Kier molecular flexibility index (Phi) is 9.18. The monoisotopic (exact) mass is 583 g/mol. The minimum atomic E-state index is -1.49. The second-order valence-electron chi connectivity index (χ2n) is 12.7. The van der Waals surface area contributed by atoms with Gasteiger partial charge in [0.2, 0.25) is 0 Å². The van der Waals surface area contributed by atoms with Crippen LogP contribution in [0.5, 0.6) is 11.5 Å². The Bertz CT molecular complexity index is 1340. The standard InChI is InChI=1S/C36H45NO4Si/c1-40-30-14-17-34(29-12-10-28(11-13-29)27-6-3-2-4-7-27)35(23-30)37-20-18-26(19-21-37)24-41-31-8-5-9-33(22-31)42(25-36(38)39)32-15-16-32/h5,8-14,17,22-23,26-27,32,42H,2-4,6-7,15-16,18-21,24-25H2,1H3,(H,38,39)/t42-/m0/s1. The Labute approximate surface area is 252 Å². The third-order valence-electron chi connectivity index (χ3n) is 9.82. The minimum Gasteiger partial charge on any atom is -0.497 e. The zero-order valence-corrected chi connectivity index (χ0v) is 26.1. The lowest BCUT2D eigenvalue weighted by atomic mass is 9.83. The molecule has 3 aromatic rings. The van der Waals surface area contributed by atoms with Crippen molar-refractivity contribution in [3.63, 3.8) is 0 Å². The van der Waals surface area contributed by atoms with Gasteiger partial charge in [0.15, 0.2) is 0 Å². The van der Waals surface area contributed by atoms with Gasteiger partial charge in [0.25, 0.3) is 0 Å². The van der Waals surface area contributed by atoms with Crippen LogP contribution < -0.4 is 19.6 Å². The van der Waals surface area contributed by atoms with Crippen LogP contribution in [0.15, 0.2) is 66.7 Å². The molecular weight excluding hydrogens is 538 g/mol. The lowest BCUT2D eigenvalue weighted by Gasteiger charge is -2.35. The first-order chi connectivity index (χ1) is 20.6. The van der Waals surface area contributed by atoms with E-state index in [1.165, 1.54) is 72.5 Å². The Morgan fingerprint density at radius 2 is 1.64 bits per heavy atom. The Morgan fingerprint density at radius 1 is 0.881 bits per heavy atom. The molecule has 0 bridgehead atoms. The summed E-state index contributed by atoms with van der Waals surface area (Å²) in [6, 6.07) is 24.5. The fraction of sp³-hybridized carbons (Fsp3) is 0.472. The highest BCUT2D eigenvalue weighted by atomic mass is 28.3. The largest absolute Gasteiger partial charge is 0.497 e. The van der Waals surface area contributed by atoms with Gasteiger partial charge in [-0.15, -0.1) is 0 Å². The summed E-state index contributed by atoms with van der Waals surface area (Å²) in [6.45, 7) is 2.69. The van der Waals surface area contributed by atoms with Crippen LogP contribution in [-0.4, -0.2) is 46.7 Å². The molecule has 0 amide bonds. The zero-order valence-electron chi connectivity index (χ0n) is 25.0. The molecule has 1 saturated heterocycles. The normalized spacial score (nSPS) is 18.9. The van der Waals surface area contributed by atoms with Crippen LogP contribution in [0.4, 0.5) is 5.69 Å². The van der Waals surface area contributed by atoms with Gasteiger partial charge in [0.05, 0.1) is 22.5 Å². The first-order valence-corrected chi connectivity index (χ1v) is 18.1. The molecule has 3 aliphatic rings. The van der Waals surface area contributed by atoms with E-state index in [9.17, 15) is 9.90 Å². The Hall–Kier alpha value is -3.25. The third kappa shape index (κ3) is 7.03. The predicted molar refractivity (Wildman–Crippen MR) is 173 cm³/mol. The molecule has 1 N–H and O–H groups in total. The molecule has 0 unspecified atom stereocenters. The maximum atomic E-state index is 11.5. The summed E-state index contributed by atoms with van der Waals surface area (Å²) in [7, 11) is 0.255. The second-order valence-corrected chi connectivity index (χ2v) is 15.9. The summed E-state index contributed by atoms with van der Waals surface area (Å²) < 4.78 is 11.9. The number of carbonyl (C=O) groups is 1. The topological polar surface area (TPSA) is 59.0 Å². The van der Waals surface area contributed by atoms with E-state index < -0.39 is 14.8 Å². The molecule has 0 spiro atoms. The van der Waals surface area contributed by atoms with Crippen LogP contribution in [0.3, 0.4) is 0 Å². The highest BCUT2D eigenvalue weighted by Gasteiger charge is 2.35. The highest BCUT2D eigenvalue weighted by molar-refractivity contribution is 6.77. The van der Waals surface area contributed by atoms with E-state index in [2.05, 4.69) is 59.5 Å². The summed E-state index contributed by atoms with van der Waals surface area (Å²) >= 11 is 0. The zero-order chi connectivity index (χ0) is 28.9. The smallest absolute Gasteiger partial charge is 0.300 e. The second kappa shape index (κ2) is 13.4. The van der Waals surface area contributed by atoms with Gasteiger partial charge in [-0.2, -0.15) is 0 Å². The van der Waals surface area contributed by atoms with E-state index in [0.717, 1.165) is 43.3 Å². The molecule has 42 heavy (non-hydrogen) atoms. The number of nitrogens with zero attached hydrogens (tertiary/aromatic N) is 1. The third-order valence-corrected chi connectivity index (χ3v) is 13.6. The minimum absolute atomic E-state index is 0.337. The number of anilines is 1. The van der Waals surface area contributed by atoms with Crippen molar-refractivity contribution < 1.29 is 19.4 Å². The molecule has 1 heterocycles. The molecule has 1 atom stereocenters. The van der Waals surface area contributed by atoms with Crippen molar-refractivity contribution in [3.05, 3.63) is 72.3 Å². The van der Waals surface area contributed by atoms with Crippen LogP contribution in [0.25, 0.3) is 11.1 Å². The molecule has 2 aliphatic carbocycles. The Balaban J connectivity index is 1.09. The SMILES string of the molecule is COc1ccc(-c2ccc(C3CCCCC3)cc2)c(N2CCC(COc3cccc([Si@@H](CC(=O)O)C4CC4)c3)CC2)c1.